The van der Waals surface area contributed by atoms with Crippen molar-refractivity contribution in [3.8, 4) is 5.75 Å². The minimum atomic E-state index is -0.582. The summed E-state index contributed by atoms with van der Waals surface area (Å²) in [7, 11) is 0. The first kappa shape index (κ1) is 22.2. The van der Waals surface area contributed by atoms with Crippen LogP contribution in [0.1, 0.15) is 58.4 Å². The topological polar surface area (TPSA) is 58.6 Å². The van der Waals surface area contributed by atoms with E-state index >= 15 is 0 Å². The number of hydrogen-bond donors (Lipinski definition) is 1. The average Bonchev–Trinajstić information content (AvgIpc) is 3.67. The van der Waals surface area contributed by atoms with E-state index in [4.69, 9.17) is 4.74 Å². The minimum absolute atomic E-state index is 0.0151. The van der Waals surface area contributed by atoms with Crippen LogP contribution in [0.3, 0.4) is 0 Å². The molecule has 1 aliphatic carbocycles. The van der Waals surface area contributed by atoms with E-state index in [9.17, 15) is 9.59 Å². The van der Waals surface area contributed by atoms with Crippen molar-refractivity contribution < 1.29 is 14.3 Å². The van der Waals surface area contributed by atoms with Gasteiger partial charge in [-0.25, -0.2) is 0 Å². The van der Waals surface area contributed by atoms with E-state index in [1.165, 1.54) is 5.56 Å². The molecule has 34 heavy (non-hydrogen) atoms. The summed E-state index contributed by atoms with van der Waals surface area (Å²) in [6.45, 7) is 4.48. The summed E-state index contributed by atoms with van der Waals surface area (Å²) in [6.07, 6.45) is 2.28. The summed E-state index contributed by atoms with van der Waals surface area (Å²) < 4.78 is 6.04. The number of nitrogens with one attached hydrogen (secondary N) is 1. The van der Waals surface area contributed by atoms with Gasteiger partial charge < -0.3 is 15.0 Å². The Hall–Kier alpha value is -3.60. The molecule has 5 rings (SSSR count). The molecule has 0 spiro atoms. The lowest BCUT2D eigenvalue weighted by Gasteiger charge is -2.38. The first-order valence-corrected chi connectivity index (χ1v) is 12.0. The van der Waals surface area contributed by atoms with Crippen molar-refractivity contribution in [3.63, 3.8) is 0 Å². The Labute approximate surface area is 200 Å². The van der Waals surface area contributed by atoms with Crippen molar-refractivity contribution in [3.05, 3.63) is 101 Å². The molecule has 3 aromatic carbocycles. The van der Waals surface area contributed by atoms with E-state index in [-0.39, 0.29) is 17.9 Å². The first-order valence-electron chi connectivity index (χ1n) is 12.0. The van der Waals surface area contributed by atoms with E-state index in [0.29, 0.717) is 23.9 Å². The highest BCUT2D eigenvalue weighted by Gasteiger charge is 2.33. The van der Waals surface area contributed by atoms with E-state index in [0.717, 1.165) is 36.0 Å². The summed E-state index contributed by atoms with van der Waals surface area (Å²) >= 11 is 0. The second-order valence-corrected chi connectivity index (χ2v) is 9.33. The van der Waals surface area contributed by atoms with Gasteiger partial charge in [0, 0.05) is 18.2 Å². The van der Waals surface area contributed by atoms with Crippen molar-refractivity contribution in [2.24, 2.45) is 0 Å². The Kier molecular flexibility index (Phi) is 6.10. The normalized spacial score (nSPS) is 18.1. The fourth-order valence-corrected chi connectivity index (χ4v) is 4.64. The summed E-state index contributed by atoms with van der Waals surface area (Å²) in [4.78, 5) is 28.0. The number of carbonyl (C=O) groups is 2. The van der Waals surface area contributed by atoms with Gasteiger partial charge in [0.25, 0.3) is 11.8 Å². The lowest BCUT2D eigenvalue weighted by Crippen LogP contribution is -2.41. The number of rotatable bonds is 6. The third-order valence-corrected chi connectivity index (χ3v) is 6.59. The number of aryl methyl sites for hydroxylation is 1. The van der Waals surface area contributed by atoms with Gasteiger partial charge in [0.2, 0.25) is 0 Å². The largest absolute Gasteiger partial charge is 0.481 e. The highest BCUT2D eigenvalue weighted by atomic mass is 16.5. The fourth-order valence-electron chi connectivity index (χ4n) is 4.64. The molecular weight excluding hydrogens is 424 g/mol. The van der Waals surface area contributed by atoms with Crippen LogP contribution in [0.4, 0.5) is 0 Å². The molecule has 0 aromatic heterocycles. The lowest BCUT2D eigenvalue weighted by molar-refractivity contribution is -0.127. The minimum Gasteiger partial charge on any atom is -0.481 e. The molecule has 0 radical (unpaired) electrons. The van der Waals surface area contributed by atoms with E-state index in [1.54, 1.807) is 6.92 Å². The molecule has 1 saturated carbocycles. The van der Waals surface area contributed by atoms with E-state index < -0.39 is 6.10 Å². The Bertz CT molecular complexity index is 1200. The van der Waals surface area contributed by atoms with Gasteiger partial charge in [-0.1, -0.05) is 54.1 Å². The molecule has 1 heterocycles. The lowest BCUT2D eigenvalue weighted by atomic mass is 9.87. The Morgan fingerprint density at radius 3 is 2.53 bits per heavy atom. The highest BCUT2D eigenvalue weighted by Crippen LogP contribution is 2.38. The van der Waals surface area contributed by atoms with Crippen LogP contribution in [0.5, 0.6) is 5.75 Å². The van der Waals surface area contributed by atoms with Crippen molar-refractivity contribution in [2.45, 2.75) is 51.3 Å². The highest BCUT2D eigenvalue weighted by molar-refractivity contribution is 5.95. The third kappa shape index (κ3) is 4.69. The standard InChI is InChI=1S/C29H30N2O3/c1-19-7-6-10-23(17-19)27-26-18-25(34-20(2)28(32)30-24-12-13-24)14-11-21(26)15-16-31(27)29(33)22-8-4-3-5-9-22/h3-11,14,17-18,20,24,27H,12-13,15-16H2,1-2H3,(H,30,32)/t20-,27-/m0/s1. The second-order valence-electron chi connectivity index (χ2n) is 9.33. The van der Waals surface area contributed by atoms with Crippen LogP contribution in [0.2, 0.25) is 0 Å². The van der Waals surface area contributed by atoms with Gasteiger partial charge >= 0.3 is 0 Å². The van der Waals surface area contributed by atoms with Crippen LogP contribution >= 0.6 is 0 Å². The molecule has 0 saturated heterocycles. The molecule has 2 aliphatic rings. The molecule has 1 fully saturated rings. The van der Waals surface area contributed by atoms with Gasteiger partial charge in [-0.05, 0) is 74.1 Å². The number of fused-ring (bicyclic) bond motifs is 1. The molecule has 0 unspecified atom stereocenters. The maximum absolute atomic E-state index is 13.6. The SMILES string of the molecule is Cc1cccc([C@H]2c3cc(O[C@@H](C)C(=O)NC4CC4)ccc3CCN2C(=O)c2ccccc2)c1. The third-order valence-electron chi connectivity index (χ3n) is 6.59. The molecule has 2 amide bonds. The smallest absolute Gasteiger partial charge is 0.260 e. The Morgan fingerprint density at radius 1 is 1.00 bits per heavy atom. The van der Waals surface area contributed by atoms with Crippen LogP contribution in [0.25, 0.3) is 0 Å². The predicted octanol–water partition coefficient (Wildman–Crippen LogP) is 4.83. The van der Waals surface area contributed by atoms with Gasteiger partial charge in [-0.3, -0.25) is 9.59 Å². The van der Waals surface area contributed by atoms with Crippen LogP contribution in [-0.4, -0.2) is 35.4 Å². The molecule has 1 N–H and O–H groups in total. The van der Waals surface area contributed by atoms with Crippen molar-refractivity contribution in [1.29, 1.82) is 0 Å². The summed E-state index contributed by atoms with van der Waals surface area (Å²) in [5.74, 6) is 0.571. The zero-order chi connectivity index (χ0) is 23.7. The zero-order valence-electron chi connectivity index (χ0n) is 19.7. The number of carbonyl (C=O) groups excluding carboxylic acids is 2. The maximum Gasteiger partial charge on any atom is 0.260 e. The van der Waals surface area contributed by atoms with E-state index in [2.05, 4.69) is 36.5 Å². The molecule has 3 aromatic rings. The van der Waals surface area contributed by atoms with Crippen LogP contribution in [-0.2, 0) is 11.2 Å². The van der Waals surface area contributed by atoms with Crippen molar-refractivity contribution >= 4 is 11.8 Å². The number of benzene rings is 3. The van der Waals surface area contributed by atoms with Crippen LogP contribution < -0.4 is 10.1 Å². The maximum atomic E-state index is 13.6. The van der Waals surface area contributed by atoms with Gasteiger partial charge in [0.05, 0.1) is 6.04 Å². The Balaban J connectivity index is 1.49. The zero-order valence-corrected chi connectivity index (χ0v) is 19.7. The van der Waals surface area contributed by atoms with Crippen LogP contribution in [0.15, 0.2) is 72.8 Å². The monoisotopic (exact) mass is 454 g/mol. The molecule has 2 atom stereocenters. The Morgan fingerprint density at radius 2 is 1.79 bits per heavy atom. The van der Waals surface area contributed by atoms with Gasteiger partial charge in [0.15, 0.2) is 6.10 Å². The molecule has 5 nitrogen and oxygen atoms in total. The molecule has 0 bridgehead atoms. The molecule has 5 heteroatoms. The fraction of sp³-hybridized carbons (Fsp3) is 0.310. The molecular formula is C29H30N2O3. The molecule has 174 valence electrons. The van der Waals surface area contributed by atoms with Crippen molar-refractivity contribution in [2.75, 3.05) is 6.54 Å². The number of amides is 2. The predicted molar refractivity (Wildman–Crippen MR) is 132 cm³/mol. The van der Waals surface area contributed by atoms with Gasteiger partial charge in [-0.2, -0.15) is 0 Å². The number of ether oxygens (including phenoxy) is 1. The average molecular weight is 455 g/mol. The number of nitrogens with zero attached hydrogens (tertiary/aromatic N) is 1. The summed E-state index contributed by atoms with van der Waals surface area (Å²) in [6, 6.07) is 23.9. The molecule has 1 aliphatic heterocycles. The van der Waals surface area contributed by atoms with E-state index in [1.807, 2.05) is 53.4 Å². The summed E-state index contributed by atoms with van der Waals surface area (Å²) in [5, 5.41) is 3.00. The van der Waals surface area contributed by atoms with Gasteiger partial charge in [-0.15, -0.1) is 0 Å². The van der Waals surface area contributed by atoms with Gasteiger partial charge in [0.1, 0.15) is 5.75 Å². The quantitative estimate of drug-likeness (QED) is 0.581. The van der Waals surface area contributed by atoms with Crippen LogP contribution in [0, 0.1) is 6.92 Å². The number of hydrogen-bond acceptors (Lipinski definition) is 3. The first-order chi connectivity index (χ1) is 16.5. The summed E-state index contributed by atoms with van der Waals surface area (Å²) in [5.41, 5.74) is 5.15. The van der Waals surface area contributed by atoms with Crippen molar-refractivity contribution in [1.82, 2.24) is 10.2 Å². The second kappa shape index (κ2) is 9.34.